The van der Waals surface area contributed by atoms with Gasteiger partial charge in [0.25, 0.3) is 0 Å². The number of hydrogen-bond acceptors (Lipinski definition) is 14. The van der Waals surface area contributed by atoms with E-state index in [4.69, 9.17) is 28.4 Å². The van der Waals surface area contributed by atoms with Gasteiger partial charge >= 0.3 is 5.97 Å². The molecular formula is C53H98O14. The second kappa shape index (κ2) is 41.1. The van der Waals surface area contributed by atoms with E-state index in [1.165, 1.54) is 116 Å². The molecule has 2 heterocycles. The van der Waals surface area contributed by atoms with Crippen molar-refractivity contribution >= 4 is 5.97 Å². The quantitative estimate of drug-likeness (QED) is 0.0174. The highest BCUT2D eigenvalue weighted by molar-refractivity contribution is 5.69. The molecule has 11 atom stereocenters. The van der Waals surface area contributed by atoms with E-state index in [2.05, 4.69) is 38.2 Å². The molecule has 11 unspecified atom stereocenters. The molecule has 7 N–H and O–H groups in total. The second-order valence-electron chi connectivity index (χ2n) is 19.1. The molecule has 2 saturated heterocycles. The van der Waals surface area contributed by atoms with Crippen LogP contribution in [0.3, 0.4) is 0 Å². The largest absolute Gasteiger partial charge is 0.457 e. The summed E-state index contributed by atoms with van der Waals surface area (Å²) in [6, 6.07) is 0. The predicted octanol–water partition coefficient (Wildman–Crippen LogP) is 8.41. The fourth-order valence-corrected chi connectivity index (χ4v) is 8.54. The molecule has 14 heteroatoms. The SMILES string of the molecule is CCCC/C=C\C/C=C\CCCCCCCC(=O)OC(COCCCCCCCCCCCCCCCCCCCCC)COC1OC(COC2OC(CO)C(O)C(O)C2O)C(O)C(O)C1O. The van der Waals surface area contributed by atoms with Gasteiger partial charge in [-0.3, -0.25) is 4.79 Å². The van der Waals surface area contributed by atoms with Crippen LogP contribution < -0.4 is 0 Å². The first-order valence-corrected chi connectivity index (χ1v) is 26.9. The molecule has 0 aliphatic carbocycles. The molecule has 0 bridgehead atoms. The van der Waals surface area contributed by atoms with Gasteiger partial charge in [0.2, 0.25) is 0 Å². The Morgan fingerprint density at radius 2 is 0.940 bits per heavy atom. The summed E-state index contributed by atoms with van der Waals surface area (Å²) >= 11 is 0. The standard InChI is InChI=1S/C53H98O14/c1-3-5-7-9-11-13-15-17-19-20-21-22-23-25-27-29-31-33-35-37-62-39-42(65-45(55)36-34-32-30-28-26-24-18-16-14-12-10-8-6-4-2)40-63-52-51(61)49(59)47(57)44(67-52)41-64-53-50(60)48(58)46(56)43(38-54)66-53/h10,12,16,18,42-44,46-54,56-61H,3-9,11,13-15,17,19-41H2,1-2H3/b12-10-,18-16-. The van der Waals surface area contributed by atoms with Gasteiger partial charge < -0.3 is 64.2 Å². The molecule has 394 valence electrons. The molecule has 2 aliphatic heterocycles. The van der Waals surface area contributed by atoms with Gasteiger partial charge in [-0.2, -0.15) is 0 Å². The third-order valence-electron chi connectivity index (χ3n) is 13.0. The highest BCUT2D eigenvalue weighted by Crippen LogP contribution is 2.26. The van der Waals surface area contributed by atoms with Gasteiger partial charge in [-0.25, -0.2) is 0 Å². The molecule has 14 nitrogen and oxygen atoms in total. The molecular weight excluding hydrogens is 861 g/mol. The van der Waals surface area contributed by atoms with Crippen LogP contribution in [0.4, 0.5) is 0 Å². The third kappa shape index (κ3) is 28.8. The fourth-order valence-electron chi connectivity index (χ4n) is 8.54. The molecule has 2 rings (SSSR count). The topological polar surface area (TPSA) is 214 Å². The second-order valence-corrected chi connectivity index (χ2v) is 19.1. The van der Waals surface area contributed by atoms with Crippen molar-refractivity contribution in [2.24, 2.45) is 0 Å². The molecule has 67 heavy (non-hydrogen) atoms. The first-order valence-electron chi connectivity index (χ1n) is 26.9. The minimum atomic E-state index is -1.71. The number of allylic oxidation sites excluding steroid dienone is 4. The van der Waals surface area contributed by atoms with Crippen LogP contribution in [0.1, 0.15) is 206 Å². The number of ether oxygens (including phenoxy) is 6. The molecule has 0 aromatic heterocycles. The van der Waals surface area contributed by atoms with Crippen molar-refractivity contribution < 1.29 is 69.0 Å². The Hall–Kier alpha value is -1.53. The zero-order valence-corrected chi connectivity index (χ0v) is 41.9. The van der Waals surface area contributed by atoms with Crippen molar-refractivity contribution in [2.45, 2.75) is 274 Å². The molecule has 0 aromatic carbocycles. The maximum Gasteiger partial charge on any atom is 0.306 e. The summed E-state index contributed by atoms with van der Waals surface area (Å²) in [6.45, 7) is 3.66. The van der Waals surface area contributed by atoms with Crippen LogP contribution in [0.5, 0.6) is 0 Å². The Balaban J connectivity index is 1.74. The van der Waals surface area contributed by atoms with Crippen molar-refractivity contribution in [3.8, 4) is 0 Å². The van der Waals surface area contributed by atoms with Crippen LogP contribution in [0.2, 0.25) is 0 Å². The van der Waals surface area contributed by atoms with Crippen molar-refractivity contribution in [2.75, 3.05) is 33.0 Å². The highest BCUT2D eigenvalue weighted by Gasteiger charge is 2.47. The van der Waals surface area contributed by atoms with Crippen LogP contribution in [0, 0.1) is 0 Å². The van der Waals surface area contributed by atoms with Crippen LogP contribution in [-0.2, 0) is 33.2 Å². The molecule has 0 saturated carbocycles. The summed E-state index contributed by atoms with van der Waals surface area (Å²) in [5.74, 6) is -0.387. The number of aliphatic hydroxyl groups excluding tert-OH is 7. The van der Waals surface area contributed by atoms with Gasteiger partial charge in [-0.05, 0) is 38.5 Å². The summed E-state index contributed by atoms with van der Waals surface area (Å²) in [6.07, 6.45) is 28.1. The molecule has 0 amide bonds. The Morgan fingerprint density at radius 3 is 1.48 bits per heavy atom. The third-order valence-corrected chi connectivity index (χ3v) is 13.0. The number of hydrogen-bond donors (Lipinski definition) is 7. The fraction of sp³-hybridized carbons (Fsp3) is 0.906. The van der Waals surface area contributed by atoms with Crippen LogP contribution in [0.15, 0.2) is 24.3 Å². The Kier molecular flexibility index (Phi) is 37.8. The summed E-state index contributed by atoms with van der Waals surface area (Å²) < 4.78 is 34.3. The van der Waals surface area contributed by atoms with Gasteiger partial charge in [0.15, 0.2) is 12.6 Å². The first-order chi connectivity index (χ1) is 32.6. The first kappa shape index (κ1) is 61.6. The minimum absolute atomic E-state index is 0.0600. The number of aliphatic hydroxyl groups is 7. The van der Waals surface area contributed by atoms with E-state index in [-0.39, 0.29) is 25.6 Å². The lowest BCUT2D eigenvalue weighted by Crippen LogP contribution is -2.61. The number of carbonyl (C=O) groups is 1. The number of unbranched alkanes of at least 4 members (excludes halogenated alkanes) is 25. The lowest BCUT2D eigenvalue weighted by Gasteiger charge is -2.42. The van der Waals surface area contributed by atoms with Crippen molar-refractivity contribution in [3.05, 3.63) is 24.3 Å². The predicted molar refractivity (Wildman–Crippen MR) is 261 cm³/mol. The molecule has 0 radical (unpaired) electrons. The van der Waals surface area contributed by atoms with E-state index in [1.807, 2.05) is 0 Å². The maximum atomic E-state index is 13.0. The monoisotopic (exact) mass is 959 g/mol. The molecule has 2 fully saturated rings. The normalized spacial score (nSPS) is 26.2. The lowest BCUT2D eigenvalue weighted by molar-refractivity contribution is -0.332. The van der Waals surface area contributed by atoms with Gasteiger partial charge in [0.1, 0.15) is 54.9 Å². The Morgan fingerprint density at radius 1 is 0.493 bits per heavy atom. The maximum absolute atomic E-state index is 13.0. The Labute approximate surface area is 405 Å². The van der Waals surface area contributed by atoms with E-state index in [9.17, 15) is 40.5 Å². The Bertz CT molecular complexity index is 1200. The zero-order chi connectivity index (χ0) is 48.7. The lowest BCUT2D eigenvalue weighted by atomic mass is 9.98. The van der Waals surface area contributed by atoms with Crippen molar-refractivity contribution in [1.29, 1.82) is 0 Å². The smallest absolute Gasteiger partial charge is 0.306 e. The van der Waals surface area contributed by atoms with Crippen LogP contribution in [-0.4, -0.2) is 142 Å². The minimum Gasteiger partial charge on any atom is -0.457 e. The van der Waals surface area contributed by atoms with Gasteiger partial charge in [-0.1, -0.05) is 186 Å². The van der Waals surface area contributed by atoms with E-state index >= 15 is 0 Å². The van der Waals surface area contributed by atoms with Gasteiger partial charge in [0.05, 0.1) is 26.4 Å². The van der Waals surface area contributed by atoms with Crippen LogP contribution in [0.25, 0.3) is 0 Å². The van der Waals surface area contributed by atoms with Crippen molar-refractivity contribution in [3.63, 3.8) is 0 Å². The summed E-state index contributed by atoms with van der Waals surface area (Å²) in [7, 11) is 0. The summed E-state index contributed by atoms with van der Waals surface area (Å²) in [5, 5.41) is 72.2. The summed E-state index contributed by atoms with van der Waals surface area (Å²) in [5.41, 5.74) is 0. The molecule has 0 aromatic rings. The summed E-state index contributed by atoms with van der Waals surface area (Å²) in [4.78, 5) is 13.0. The van der Waals surface area contributed by atoms with E-state index in [1.54, 1.807) is 0 Å². The van der Waals surface area contributed by atoms with Gasteiger partial charge in [-0.15, -0.1) is 0 Å². The van der Waals surface area contributed by atoms with Crippen molar-refractivity contribution in [1.82, 2.24) is 0 Å². The van der Waals surface area contributed by atoms with Gasteiger partial charge in [0, 0.05) is 13.0 Å². The van der Waals surface area contributed by atoms with E-state index < -0.39 is 80.7 Å². The molecule has 2 aliphatic rings. The average molecular weight is 959 g/mol. The number of rotatable bonds is 43. The molecule has 0 spiro atoms. The zero-order valence-electron chi connectivity index (χ0n) is 41.9. The van der Waals surface area contributed by atoms with Crippen LogP contribution >= 0.6 is 0 Å². The number of esters is 1. The van der Waals surface area contributed by atoms with E-state index in [0.29, 0.717) is 13.0 Å². The highest BCUT2D eigenvalue weighted by atomic mass is 16.7. The van der Waals surface area contributed by atoms with E-state index in [0.717, 1.165) is 64.2 Å². The average Bonchev–Trinajstić information content (AvgIpc) is 3.32. The number of carbonyl (C=O) groups excluding carboxylic acids is 1.